The Bertz CT molecular complexity index is 1170. The van der Waals surface area contributed by atoms with Gasteiger partial charge in [-0.2, -0.15) is 4.98 Å². The third-order valence-corrected chi connectivity index (χ3v) is 5.08. The first-order valence-electron chi connectivity index (χ1n) is 10.0. The lowest BCUT2D eigenvalue weighted by Gasteiger charge is -2.14. The second kappa shape index (κ2) is 11.1. The molecule has 32 heavy (non-hydrogen) atoms. The number of hydrogen-bond acceptors (Lipinski definition) is 8. The number of rotatable bonds is 8. The third kappa shape index (κ3) is 6.44. The number of thiol groups is 1. The molecule has 0 aliphatic rings. The summed E-state index contributed by atoms with van der Waals surface area (Å²) in [6, 6.07) is 13.9. The van der Waals surface area contributed by atoms with Crippen LogP contribution in [0.3, 0.4) is 0 Å². The second-order valence-electron chi connectivity index (χ2n) is 6.86. The minimum atomic E-state index is -2.13. The maximum atomic E-state index is 11.3. The summed E-state index contributed by atoms with van der Waals surface area (Å²) in [6.45, 7) is 4.31. The summed E-state index contributed by atoms with van der Waals surface area (Å²) in [5.74, 6) is 7.80. The first-order valence-corrected chi connectivity index (χ1v) is 11.3. The van der Waals surface area contributed by atoms with Gasteiger partial charge in [0.05, 0.1) is 35.6 Å². The fourth-order valence-corrected chi connectivity index (χ4v) is 3.09. The van der Waals surface area contributed by atoms with Crippen molar-refractivity contribution >= 4 is 28.0 Å². The van der Waals surface area contributed by atoms with Crippen molar-refractivity contribution < 1.29 is 14.1 Å². The SMILES string of the molecule is CCOc1ccc(C#Cc2cnc(Nc3ccc([SH](=N)=O)cc3)nc2N[C@H](C)CO)cc1. The van der Waals surface area contributed by atoms with Gasteiger partial charge in [-0.15, -0.1) is 0 Å². The van der Waals surface area contributed by atoms with Crippen LogP contribution in [0.2, 0.25) is 0 Å². The van der Waals surface area contributed by atoms with E-state index >= 15 is 0 Å². The highest BCUT2D eigenvalue weighted by molar-refractivity contribution is 7.73. The molecule has 1 unspecified atom stereocenters. The van der Waals surface area contributed by atoms with Crippen molar-refractivity contribution in [2.24, 2.45) is 0 Å². The van der Waals surface area contributed by atoms with Gasteiger partial charge in [-0.1, -0.05) is 11.8 Å². The van der Waals surface area contributed by atoms with Crippen molar-refractivity contribution in [3.63, 3.8) is 0 Å². The molecule has 0 radical (unpaired) electrons. The fourth-order valence-electron chi connectivity index (χ4n) is 2.67. The second-order valence-corrected chi connectivity index (χ2v) is 7.96. The number of ether oxygens (including phenoxy) is 1. The number of aliphatic hydroxyl groups excluding tert-OH is 1. The molecule has 0 amide bonds. The van der Waals surface area contributed by atoms with Crippen LogP contribution in [-0.2, 0) is 10.6 Å². The molecule has 0 spiro atoms. The van der Waals surface area contributed by atoms with Crippen molar-refractivity contribution in [1.29, 1.82) is 4.78 Å². The summed E-state index contributed by atoms with van der Waals surface area (Å²) in [5, 5.41) is 15.7. The molecule has 0 bridgehead atoms. The van der Waals surface area contributed by atoms with Gasteiger partial charge in [0, 0.05) is 22.2 Å². The van der Waals surface area contributed by atoms with Crippen LogP contribution in [0.4, 0.5) is 17.5 Å². The van der Waals surface area contributed by atoms with Crippen molar-refractivity contribution in [2.45, 2.75) is 24.8 Å². The molecular formula is C23H25N5O3S. The molecule has 8 nitrogen and oxygen atoms in total. The van der Waals surface area contributed by atoms with Gasteiger partial charge in [0.2, 0.25) is 5.95 Å². The molecule has 0 saturated heterocycles. The van der Waals surface area contributed by atoms with Gasteiger partial charge in [-0.25, -0.2) is 9.19 Å². The maximum Gasteiger partial charge on any atom is 0.229 e. The predicted octanol–water partition coefficient (Wildman–Crippen LogP) is 3.41. The Kier molecular flexibility index (Phi) is 8.02. The zero-order valence-corrected chi connectivity index (χ0v) is 18.7. The third-order valence-electron chi connectivity index (χ3n) is 4.31. The van der Waals surface area contributed by atoms with Crippen LogP contribution in [0, 0.1) is 16.6 Å². The Morgan fingerprint density at radius 2 is 1.88 bits per heavy atom. The lowest BCUT2D eigenvalue weighted by atomic mass is 10.2. The van der Waals surface area contributed by atoms with Gasteiger partial charge in [-0.3, -0.25) is 4.78 Å². The van der Waals surface area contributed by atoms with Gasteiger partial charge in [-0.05, 0) is 62.4 Å². The molecule has 2 aromatic carbocycles. The molecule has 2 atom stereocenters. The molecule has 1 heterocycles. The summed E-state index contributed by atoms with van der Waals surface area (Å²) in [5.41, 5.74) is 2.11. The minimum Gasteiger partial charge on any atom is -0.494 e. The largest absolute Gasteiger partial charge is 0.494 e. The number of nitrogens with one attached hydrogen (secondary N) is 3. The molecule has 9 heteroatoms. The monoisotopic (exact) mass is 451 g/mol. The van der Waals surface area contributed by atoms with Gasteiger partial charge >= 0.3 is 0 Å². The predicted molar refractivity (Wildman–Crippen MR) is 126 cm³/mol. The van der Waals surface area contributed by atoms with Crippen LogP contribution in [-0.4, -0.2) is 38.5 Å². The molecule has 166 valence electrons. The number of hydrogen-bond donors (Lipinski definition) is 5. The molecule has 3 rings (SSSR count). The molecule has 0 aliphatic heterocycles. The summed E-state index contributed by atoms with van der Waals surface area (Å²) in [4.78, 5) is 9.29. The average Bonchev–Trinajstić information content (AvgIpc) is 2.80. The summed E-state index contributed by atoms with van der Waals surface area (Å²) in [6.07, 6.45) is 1.61. The topological polar surface area (TPSA) is 120 Å². The number of aromatic nitrogens is 2. The van der Waals surface area contributed by atoms with Crippen LogP contribution in [0.5, 0.6) is 5.75 Å². The Morgan fingerprint density at radius 3 is 2.50 bits per heavy atom. The number of aliphatic hydroxyl groups is 1. The van der Waals surface area contributed by atoms with E-state index in [1.807, 2.05) is 38.1 Å². The van der Waals surface area contributed by atoms with Crippen LogP contribution in [0.1, 0.15) is 25.0 Å². The zero-order chi connectivity index (χ0) is 22.9. The van der Waals surface area contributed by atoms with Crippen LogP contribution in [0.25, 0.3) is 0 Å². The van der Waals surface area contributed by atoms with Gasteiger partial charge < -0.3 is 20.5 Å². The van der Waals surface area contributed by atoms with Crippen LogP contribution in [0.15, 0.2) is 59.6 Å². The first kappa shape index (κ1) is 23.1. The van der Waals surface area contributed by atoms with Crippen molar-refractivity contribution in [3.8, 4) is 17.6 Å². The van der Waals surface area contributed by atoms with Crippen molar-refractivity contribution in [1.82, 2.24) is 9.97 Å². The lowest BCUT2D eigenvalue weighted by molar-refractivity contribution is 0.281. The highest BCUT2D eigenvalue weighted by Crippen LogP contribution is 2.19. The van der Waals surface area contributed by atoms with Gasteiger partial charge in [0.25, 0.3) is 0 Å². The van der Waals surface area contributed by atoms with E-state index in [1.54, 1.807) is 30.5 Å². The Hall–Kier alpha value is -3.61. The van der Waals surface area contributed by atoms with Crippen molar-refractivity contribution in [2.75, 3.05) is 23.8 Å². The average molecular weight is 452 g/mol. The normalized spacial score (nSPS) is 12.2. The van der Waals surface area contributed by atoms with E-state index < -0.39 is 10.6 Å². The standard InChI is InChI=1S/C23H25N5O3S/c1-3-31-20-10-5-17(6-11-20)4-7-18-14-25-23(28-22(18)26-16(2)15-29)27-19-8-12-21(13-9-19)32(24)30/h5-6,8-14,16,24,29,32H,3,15H2,1-2H3,(H2,25,26,27,28)/t16-/m1/s1. The van der Waals surface area contributed by atoms with E-state index in [1.165, 1.54) is 0 Å². The fraction of sp³-hybridized carbons (Fsp3) is 0.217. The highest BCUT2D eigenvalue weighted by atomic mass is 32.2. The molecular weight excluding hydrogens is 426 g/mol. The van der Waals surface area contributed by atoms with E-state index in [2.05, 4.69) is 32.4 Å². The first-order chi connectivity index (χ1) is 15.5. The molecule has 4 N–H and O–H groups in total. The van der Waals surface area contributed by atoms with E-state index in [9.17, 15) is 9.32 Å². The number of nitrogens with zero attached hydrogens (tertiary/aromatic N) is 2. The molecule has 1 aromatic heterocycles. The number of anilines is 3. The van der Waals surface area contributed by atoms with Crippen LogP contribution < -0.4 is 15.4 Å². The summed E-state index contributed by atoms with van der Waals surface area (Å²) < 4.78 is 24.0. The van der Waals surface area contributed by atoms with Gasteiger partial charge in [0.15, 0.2) is 0 Å². The molecule has 3 aromatic rings. The molecule has 0 aliphatic carbocycles. The van der Waals surface area contributed by atoms with E-state index in [-0.39, 0.29) is 12.6 Å². The van der Waals surface area contributed by atoms with E-state index in [0.717, 1.165) is 11.3 Å². The van der Waals surface area contributed by atoms with E-state index in [4.69, 9.17) is 9.52 Å². The molecule has 0 saturated carbocycles. The van der Waals surface area contributed by atoms with Crippen LogP contribution >= 0.6 is 0 Å². The zero-order valence-electron chi connectivity index (χ0n) is 17.8. The van der Waals surface area contributed by atoms with E-state index in [0.29, 0.717) is 34.5 Å². The quantitative estimate of drug-likeness (QED) is 0.263. The summed E-state index contributed by atoms with van der Waals surface area (Å²) in [7, 11) is -2.13. The minimum absolute atomic E-state index is 0.0642. The smallest absolute Gasteiger partial charge is 0.229 e. The highest BCUT2D eigenvalue weighted by Gasteiger charge is 2.09. The maximum absolute atomic E-state index is 11.3. The molecule has 0 fully saturated rings. The Morgan fingerprint density at radius 1 is 1.16 bits per heavy atom. The van der Waals surface area contributed by atoms with Crippen molar-refractivity contribution in [3.05, 3.63) is 65.9 Å². The number of benzene rings is 2. The Balaban J connectivity index is 1.84. The lowest BCUT2D eigenvalue weighted by Crippen LogP contribution is -2.21. The summed E-state index contributed by atoms with van der Waals surface area (Å²) >= 11 is 0. The van der Waals surface area contributed by atoms with Gasteiger partial charge in [0.1, 0.15) is 11.6 Å². The Labute approximate surface area is 189 Å².